The van der Waals surface area contributed by atoms with Crippen molar-refractivity contribution >= 4 is 10.9 Å². The number of nitrogens with one attached hydrogen (secondary N) is 1. The summed E-state index contributed by atoms with van der Waals surface area (Å²) in [5.41, 5.74) is 5.17. The molecule has 4 aromatic rings. The molecule has 1 atom stereocenters. The van der Waals surface area contributed by atoms with E-state index in [1.807, 2.05) is 12.1 Å². The minimum Gasteiger partial charge on any atom is -0.322 e. The first kappa shape index (κ1) is 25.3. The van der Waals surface area contributed by atoms with Gasteiger partial charge < -0.3 is 4.98 Å². The molecule has 0 bridgehead atoms. The number of hydrogen-bond acceptors (Lipinski definition) is 5. The topological polar surface area (TPSA) is 79.7 Å². The quantitative estimate of drug-likeness (QED) is 0.298. The van der Waals surface area contributed by atoms with Crippen LogP contribution in [-0.2, 0) is 13.1 Å². The molecular weight excluding hydrogens is 460 g/mol. The number of rotatable bonds is 9. The summed E-state index contributed by atoms with van der Waals surface area (Å²) in [6.45, 7) is 7.61. The molecule has 194 valence electrons. The van der Waals surface area contributed by atoms with Gasteiger partial charge in [0.1, 0.15) is 0 Å². The van der Waals surface area contributed by atoms with E-state index < -0.39 is 0 Å². The Hall–Kier alpha value is -3.32. The van der Waals surface area contributed by atoms with Gasteiger partial charge in [-0.15, -0.1) is 5.10 Å². The van der Waals surface area contributed by atoms with E-state index in [0.29, 0.717) is 19.1 Å². The number of aromatic nitrogens is 5. The molecule has 1 saturated carbocycles. The normalized spacial score (nSPS) is 15.5. The average Bonchev–Trinajstić information content (AvgIpc) is 3.38. The molecule has 0 saturated heterocycles. The molecule has 7 heteroatoms. The fraction of sp³-hybridized carbons (Fsp3) is 0.467. The summed E-state index contributed by atoms with van der Waals surface area (Å²) in [6, 6.07) is 17.1. The van der Waals surface area contributed by atoms with Gasteiger partial charge in [0.15, 0.2) is 5.82 Å². The van der Waals surface area contributed by atoms with Gasteiger partial charge in [-0.3, -0.25) is 9.69 Å². The smallest absolute Gasteiger partial charge is 0.252 e. The highest BCUT2D eigenvalue weighted by Crippen LogP contribution is 2.33. The Bertz CT molecular complexity index is 1390. The van der Waals surface area contributed by atoms with E-state index in [-0.39, 0.29) is 11.6 Å². The Morgan fingerprint density at radius 2 is 1.84 bits per heavy atom. The van der Waals surface area contributed by atoms with Gasteiger partial charge in [-0.1, -0.05) is 69.0 Å². The van der Waals surface area contributed by atoms with Gasteiger partial charge in [-0.05, 0) is 72.4 Å². The van der Waals surface area contributed by atoms with E-state index >= 15 is 0 Å². The summed E-state index contributed by atoms with van der Waals surface area (Å²) in [7, 11) is 0. The molecule has 37 heavy (non-hydrogen) atoms. The zero-order valence-electron chi connectivity index (χ0n) is 22.3. The predicted molar refractivity (Wildman–Crippen MR) is 147 cm³/mol. The monoisotopic (exact) mass is 498 g/mol. The van der Waals surface area contributed by atoms with E-state index in [2.05, 4.69) is 87.3 Å². The Balaban J connectivity index is 1.55. The highest BCUT2D eigenvalue weighted by Gasteiger charge is 2.29. The van der Waals surface area contributed by atoms with Crippen LogP contribution in [0.5, 0.6) is 0 Å². The third-order valence-electron chi connectivity index (χ3n) is 7.73. The molecule has 1 aliphatic rings. The summed E-state index contributed by atoms with van der Waals surface area (Å²) in [4.78, 5) is 18.8. The molecule has 0 aliphatic heterocycles. The zero-order chi connectivity index (χ0) is 25.8. The fourth-order valence-electron chi connectivity index (χ4n) is 5.90. The van der Waals surface area contributed by atoms with Gasteiger partial charge in [0.05, 0.1) is 12.1 Å². The predicted octanol–water partition coefficient (Wildman–Crippen LogP) is 6.18. The number of fused-ring (bicyclic) bond motifs is 1. The minimum absolute atomic E-state index is 0.0105. The van der Waals surface area contributed by atoms with E-state index in [0.717, 1.165) is 53.5 Å². The molecule has 0 radical (unpaired) electrons. The number of aromatic amines is 1. The molecule has 5 rings (SSSR count). The van der Waals surface area contributed by atoms with Crippen LogP contribution in [0.1, 0.15) is 92.0 Å². The van der Waals surface area contributed by atoms with Crippen molar-refractivity contribution in [3.8, 4) is 0 Å². The summed E-state index contributed by atoms with van der Waals surface area (Å²) in [5, 5.41) is 14.3. The molecule has 0 amide bonds. The first-order valence-corrected chi connectivity index (χ1v) is 13.7. The molecule has 7 nitrogen and oxygen atoms in total. The van der Waals surface area contributed by atoms with Crippen LogP contribution in [0.3, 0.4) is 0 Å². The second-order valence-corrected chi connectivity index (χ2v) is 10.6. The van der Waals surface area contributed by atoms with Crippen LogP contribution in [0.15, 0.2) is 53.3 Å². The van der Waals surface area contributed by atoms with Crippen molar-refractivity contribution in [2.24, 2.45) is 0 Å². The van der Waals surface area contributed by atoms with E-state index in [9.17, 15) is 4.79 Å². The van der Waals surface area contributed by atoms with Crippen LogP contribution in [-0.4, -0.2) is 30.1 Å². The number of hydrogen-bond donors (Lipinski definition) is 1. The van der Waals surface area contributed by atoms with Gasteiger partial charge in [-0.25, -0.2) is 4.68 Å². The Morgan fingerprint density at radius 3 is 2.59 bits per heavy atom. The third kappa shape index (κ3) is 5.67. The van der Waals surface area contributed by atoms with Gasteiger partial charge in [0, 0.05) is 29.6 Å². The van der Waals surface area contributed by atoms with Crippen LogP contribution in [0, 0.1) is 13.8 Å². The summed E-state index contributed by atoms with van der Waals surface area (Å²) in [6.07, 6.45) is 7.90. The van der Waals surface area contributed by atoms with Gasteiger partial charge in [0.2, 0.25) is 0 Å². The van der Waals surface area contributed by atoms with E-state index in [1.54, 1.807) is 0 Å². The van der Waals surface area contributed by atoms with E-state index in [1.165, 1.54) is 30.4 Å². The number of benzene rings is 2. The maximum absolute atomic E-state index is 13.3. The number of H-pyrrole nitrogens is 1. The van der Waals surface area contributed by atoms with Crippen molar-refractivity contribution in [1.82, 2.24) is 30.1 Å². The van der Waals surface area contributed by atoms with Crippen LogP contribution in [0.2, 0.25) is 0 Å². The van der Waals surface area contributed by atoms with Crippen molar-refractivity contribution in [2.45, 2.75) is 90.9 Å². The number of nitrogens with zero attached hydrogens (tertiary/aromatic N) is 5. The molecule has 0 spiro atoms. The largest absolute Gasteiger partial charge is 0.322 e. The lowest BCUT2D eigenvalue weighted by Gasteiger charge is -2.32. The van der Waals surface area contributed by atoms with Crippen LogP contribution < -0.4 is 5.56 Å². The van der Waals surface area contributed by atoms with Gasteiger partial charge in [-0.2, -0.15) is 0 Å². The molecular formula is C30H38N6O. The number of pyridine rings is 1. The van der Waals surface area contributed by atoms with E-state index in [4.69, 9.17) is 0 Å². The summed E-state index contributed by atoms with van der Waals surface area (Å²) < 4.78 is 2.09. The van der Waals surface area contributed by atoms with Crippen molar-refractivity contribution in [3.63, 3.8) is 0 Å². The molecule has 2 aromatic heterocycles. The van der Waals surface area contributed by atoms with Crippen LogP contribution in [0.4, 0.5) is 0 Å². The minimum atomic E-state index is -0.0299. The Labute approximate surface area is 218 Å². The maximum atomic E-state index is 13.3. The molecule has 1 aliphatic carbocycles. The third-order valence-corrected chi connectivity index (χ3v) is 7.73. The highest BCUT2D eigenvalue weighted by molar-refractivity contribution is 5.83. The van der Waals surface area contributed by atoms with Crippen molar-refractivity contribution in [2.75, 3.05) is 0 Å². The number of aryl methyl sites for hydroxylation is 2. The average molecular weight is 499 g/mol. The zero-order valence-corrected chi connectivity index (χ0v) is 22.3. The summed E-state index contributed by atoms with van der Waals surface area (Å²) in [5.74, 6) is 0.925. The highest BCUT2D eigenvalue weighted by atomic mass is 16.1. The van der Waals surface area contributed by atoms with Crippen molar-refractivity contribution < 1.29 is 0 Å². The standard InChI is InChI=1S/C30H38N6O/c1-4-11-28(29-32-33-34-36(29)25-14-9-6-10-15-25)35(19-23-12-7-5-8-13-23)20-24-18-26-22(3)16-21(2)17-27(26)31-30(24)37/h5,7-8,12-13,16-18,25,28H,4,6,9-11,14-15,19-20H2,1-3H3,(H,31,37). The van der Waals surface area contributed by atoms with Gasteiger partial charge in [0.25, 0.3) is 5.56 Å². The molecule has 1 N–H and O–H groups in total. The lowest BCUT2D eigenvalue weighted by atomic mass is 9.95. The van der Waals surface area contributed by atoms with Crippen LogP contribution >= 0.6 is 0 Å². The van der Waals surface area contributed by atoms with Crippen LogP contribution in [0.25, 0.3) is 10.9 Å². The van der Waals surface area contributed by atoms with Crippen molar-refractivity contribution in [1.29, 1.82) is 0 Å². The Morgan fingerprint density at radius 1 is 1.05 bits per heavy atom. The second kappa shape index (κ2) is 11.4. The number of tetrazole rings is 1. The maximum Gasteiger partial charge on any atom is 0.252 e. The molecule has 2 heterocycles. The molecule has 1 fully saturated rings. The first-order chi connectivity index (χ1) is 18.0. The SMILES string of the molecule is CCCC(c1nnnn1C1CCCCC1)N(Cc1ccccc1)Cc1cc2c(C)cc(C)cc2[nH]c1=O. The second-order valence-electron chi connectivity index (χ2n) is 10.6. The molecule has 2 aromatic carbocycles. The summed E-state index contributed by atoms with van der Waals surface area (Å²) >= 11 is 0. The van der Waals surface area contributed by atoms with Crippen molar-refractivity contribution in [3.05, 3.63) is 87.0 Å². The lowest BCUT2D eigenvalue weighted by Crippen LogP contribution is -2.33. The molecule has 1 unspecified atom stereocenters. The first-order valence-electron chi connectivity index (χ1n) is 13.7. The fourth-order valence-corrected chi connectivity index (χ4v) is 5.90. The Kier molecular flexibility index (Phi) is 7.79. The lowest BCUT2D eigenvalue weighted by molar-refractivity contribution is 0.150. The van der Waals surface area contributed by atoms with Gasteiger partial charge >= 0.3 is 0 Å².